The first kappa shape index (κ1) is 33.6. The molecule has 1 aromatic carbocycles. The van der Waals surface area contributed by atoms with Crippen LogP contribution in [-0.4, -0.2) is 83.7 Å². The van der Waals surface area contributed by atoms with Crippen LogP contribution < -0.4 is 5.32 Å². The van der Waals surface area contributed by atoms with Gasteiger partial charge in [0.2, 0.25) is 5.91 Å². The van der Waals surface area contributed by atoms with E-state index in [1.54, 1.807) is 18.7 Å². The molecule has 1 aliphatic rings. The topological polar surface area (TPSA) is 147 Å². The summed E-state index contributed by atoms with van der Waals surface area (Å²) in [5.74, 6) is -1.53. The molecule has 1 aromatic rings. The van der Waals surface area contributed by atoms with E-state index in [0.717, 1.165) is 44.8 Å². The highest BCUT2D eigenvalue weighted by Gasteiger charge is 2.22. The Morgan fingerprint density at radius 3 is 2.56 bits per heavy atom. The molecule has 0 aliphatic carbocycles. The standard InChI is InChI=1S/C30H45N3O8/c1-5-26(39-16-10-13-31-23(4)34)12-9-11-22(3)41-30(38)29-24(18-25(35)19-27(29)36)17-21(2)32-40-20-28(37)33-14-7-6-8-15-33/h9,12,18-19,22,26,35-36H,5-8,10-11,13-17,20H2,1-4H3,(H,31,34)/b12-9+,32-21-/t22-,26?/m1/s1. The molecule has 1 unspecified atom stereocenters. The molecule has 0 radical (unpaired) electrons. The van der Waals surface area contributed by atoms with E-state index in [9.17, 15) is 24.6 Å². The number of likely N-dealkylation sites (tertiary alicyclic amines) is 1. The number of esters is 1. The number of hydrogen-bond donors (Lipinski definition) is 3. The Kier molecular flexibility index (Phi) is 14.7. The van der Waals surface area contributed by atoms with Crippen LogP contribution in [0.15, 0.2) is 29.4 Å². The van der Waals surface area contributed by atoms with Crippen LogP contribution in [0, 0.1) is 0 Å². The SMILES string of the molecule is CCC(/C=C/C[C@@H](C)OC(=O)c1c(O)cc(O)cc1C/C(C)=N\OCC(=O)N1CCCCC1)OCCCNC(C)=O. The van der Waals surface area contributed by atoms with Crippen LogP contribution in [0.4, 0.5) is 0 Å². The van der Waals surface area contributed by atoms with E-state index in [0.29, 0.717) is 37.3 Å². The molecule has 1 aliphatic heterocycles. The molecule has 228 valence electrons. The average molecular weight is 576 g/mol. The molecule has 2 atom stereocenters. The van der Waals surface area contributed by atoms with Crippen LogP contribution in [0.1, 0.15) is 82.1 Å². The van der Waals surface area contributed by atoms with Gasteiger partial charge in [0.15, 0.2) is 6.61 Å². The second-order valence-corrected chi connectivity index (χ2v) is 10.3. The maximum atomic E-state index is 13.0. The normalized spacial score (nSPS) is 15.4. The van der Waals surface area contributed by atoms with Gasteiger partial charge in [-0.15, -0.1) is 0 Å². The van der Waals surface area contributed by atoms with Crippen LogP contribution in [0.5, 0.6) is 11.5 Å². The summed E-state index contributed by atoms with van der Waals surface area (Å²) in [7, 11) is 0. The third-order valence-corrected chi connectivity index (χ3v) is 6.51. The summed E-state index contributed by atoms with van der Waals surface area (Å²) in [6.45, 7) is 9.24. The Hall–Kier alpha value is -3.60. The smallest absolute Gasteiger partial charge is 0.342 e. The summed E-state index contributed by atoms with van der Waals surface area (Å²) in [4.78, 5) is 43.2. The summed E-state index contributed by atoms with van der Waals surface area (Å²) in [6, 6.07) is 2.45. The van der Waals surface area contributed by atoms with Gasteiger partial charge in [-0.3, -0.25) is 9.59 Å². The number of ether oxygens (including phenoxy) is 2. The minimum Gasteiger partial charge on any atom is -0.508 e. The number of oxime groups is 1. The number of hydrogen-bond acceptors (Lipinski definition) is 9. The number of nitrogens with zero attached hydrogens (tertiary/aromatic N) is 2. The van der Waals surface area contributed by atoms with Crippen LogP contribution in [0.2, 0.25) is 0 Å². The monoisotopic (exact) mass is 575 g/mol. The van der Waals surface area contributed by atoms with Crippen LogP contribution in [-0.2, 0) is 30.3 Å². The van der Waals surface area contributed by atoms with Gasteiger partial charge in [-0.2, -0.15) is 0 Å². The second kappa shape index (κ2) is 18.0. The lowest BCUT2D eigenvalue weighted by atomic mass is 10.0. The van der Waals surface area contributed by atoms with Gasteiger partial charge in [0, 0.05) is 52.1 Å². The first-order chi connectivity index (χ1) is 19.6. The Bertz CT molecular complexity index is 1070. The van der Waals surface area contributed by atoms with Crippen molar-refractivity contribution >= 4 is 23.5 Å². The molecule has 41 heavy (non-hydrogen) atoms. The van der Waals surface area contributed by atoms with E-state index >= 15 is 0 Å². The third kappa shape index (κ3) is 12.6. The molecule has 0 spiro atoms. The van der Waals surface area contributed by atoms with Crippen molar-refractivity contribution in [1.29, 1.82) is 0 Å². The first-order valence-electron chi connectivity index (χ1n) is 14.3. The summed E-state index contributed by atoms with van der Waals surface area (Å²) in [5, 5.41) is 27.2. The van der Waals surface area contributed by atoms with Gasteiger partial charge in [-0.1, -0.05) is 24.2 Å². The van der Waals surface area contributed by atoms with Gasteiger partial charge in [0.1, 0.15) is 23.2 Å². The summed E-state index contributed by atoms with van der Waals surface area (Å²) < 4.78 is 11.4. The zero-order valence-corrected chi connectivity index (χ0v) is 24.7. The number of carbonyl (C=O) groups excluding carboxylic acids is 3. The number of carbonyl (C=O) groups is 3. The lowest BCUT2D eigenvalue weighted by Gasteiger charge is -2.26. The molecule has 1 saturated heterocycles. The molecule has 2 rings (SSSR count). The van der Waals surface area contributed by atoms with E-state index in [-0.39, 0.29) is 42.3 Å². The Labute approximate surface area is 242 Å². The maximum Gasteiger partial charge on any atom is 0.342 e. The number of nitrogens with one attached hydrogen (secondary N) is 1. The lowest BCUT2D eigenvalue weighted by Crippen LogP contribution is -2.37. The molecule has 1 fully saturated rings. The highest BCUT2D eigenvalue weighted by Crippen LogP contribution is 2.29. The van der Waals surface area contributed by atoms with Crippen molar-refractivity contribution < 1.29 is 38.9 Å². The molecule has 11 heteroatoms. The van der Waals surface area contributed by atoms with E-state index in [2.05, 4.69) is 10.5 Å². The lowest BCUT2D eigenvalue weighted by molar-refractivity contribution is -0.137. The summed E-state index contributed by atoms with van der Waals surface area (Å²) >= 11 is 0. The van der Waals surface area contributed by atoms with Crippen molar-refractivity contribution in [3.8, 4) is 11.5 Å². The largest absolute Gasteiger partial charge is 0.508 e. The third-order valence-electron chi connectivity index (χ3n) is 6.51. The van der Waals surface area contributed by atoms with Crippen molar-refractivity contribution in [2.24, 2.45) is 5.16 Å². The van der Waals surface area contributed by atoms with Crippen molar-refractivity contribution in [3.63, 3.8) is 0 Å². The Morgan fingerprint density at radius 2 is 1.88 bits per heavy atom. The van der Waals surface area contributed by atoms with Gasteiger partial charge in [-0.05, 0) is 57.6 Å². The fourth-order valence-electron chi connectivity index (χ4n) is 4.38. The van der Waals surface area contributed by atoms with Crippen molar-refractivity contribution in [2.75, 3.05) is 32.8 Å². The van der Waals surface area contributed by atoms with Gasteiger partial charge in [0.05, 0.1) is 11.8 Å². The van der Waals surface area contributed by atoms with E-state index in [1.165, 1.54) is 13.0 Å². The predicted octanol–water partition coefficient (Wildman–Crippen LogP) is 3.86. The molecule has 11 nitrogen and oxygen atoms in total. The van der Waals surface area contributed by atoms with Gasteiger partial charge < -0.3 is 34.7 Å². The summed E-state index contributed by atoms with van der Waals surface area (Å²) in [6.07, 6.45) is 8.32. The van der Waals surface area contributed by atoms with Crippen molar-refractivity contribution in [3.05, 3.63) is 35.4 Å². The number of piperidine rings is 1. The summed E-state index contributed by atoms with van der Waals surface area (Å²) in [5.41, 5.74) is 0.710. The molecule has 0 bridgehead atoms. The van der Waals surface area contributed by atoms with Crippen LogP contribution in [0.25, 0.3) is 0 Å². The minimum absolute atomic E-state index is 0.0634. The minimum atomic E-state index is -0.728. The maximum absolute atomic E-state index is 13.0. The van der Waals surface area contributed by atoms with E-state index < -0.39 is 17.8 Å². The van der Waals surface area contributed by atoms with Crippen LogP contribution in [0.3, 0.4) is 0 Å². The van der Waals surface area contributed by atoms with Crippen molar-refractivity contribution in [2.45, 2.75) is 84.8 Å². The van der Waals surface area contributed by atoms with Gasteiger partial charge in [0.25, 0.3) is 5.91 Å². The number of phenols is 2. The molecule has 0 saturated carbocycles. The second-order valence-electron chi connectivity index (χ2n) is 10.3. The first-order valence-corrected chi connectivity index (χ1v) is 14.3. The highest BCUT2D eigenvalue weighted by atomic mass is 16.6. The van der Waals surface area contributed by atoms with Crippen LogP contribution >= 0.6 is 0 Å². The fourth-order valence-corrected chi connectivity index (χ4v) is 4.38. The average Bonchev–Trinajstić information content (AvgIpc) is 2.91. The fraction of sp³-hybridized carbons (Fsp3) is 0.600. The number of aromatic hydroxyl groups is 2. The number of phenolic OH excluding ortho intramolecular Hbond substituents is 2. The molecule has 3 N–H and O–H groups in total. The Morgan fingerprint density at radius 1 is 1.15 bits per heavy atom. The van der Waals surface area contributed by atoms with E-state index in [4.69, 9.17) is 14.3 Å². The highest BCUT2D eigenvalue weighted by molar-refractivity contribution is 5.97. The van der Waals surface area contributed by atoms with Gasteiger partial charge >= 0.3 is 5.97 Å². The van der Waals surface area contributed by atoms with Crippen molar-refractivity contribution in [1.82, 2.24) is 10.2 Å². The predicted molar refractivity (Wildman–Crippen MR) is 155 cm³/mol. The molecule has 0 aromatic heterocycles. The Balaban J connectivity index is 1.91. The molecular formula is C30H45N3O8. The number of amides is 2. The quantitative estimate of drug-likeness (QED) is 0.0885. The molecule has 1 heterocycles. The zero-order chi connectivity index (χ0) is 30.2. The molecule has 2 amide bonds. The molecular weight excluding hydrogens is 530 g/mol. The number of benzene rings is 1. The van der Waals surface area contributed by atoms with E-state index in [1.807, 2.05) is 19.1 Å². The van der Waals surface area contributed by atoms with Gasteiger partial charge in [-0.25, -0.2) is 4.79 Å². The zero-order valence-electron chi connectivity index (χ0n) is 24.7. The number of rotatable bonds is 16.